The summed E-state index contributed by atoms with van der Waals surface area (Å²) in [6, 6.07) is 27.8. The predicted octanol–water partition coefficient (Wildman–Crippen LogP) is 9.27. The second-order valence-corrected chi connectivity index (χ2v) is 11.4. The van der Waals surface area contributed by atoms with Gasteiger partial charge in [-0.15, -0.1) is 0 Å². The largest absolute Gasteiger partial charge is 0.308 e. The minimum absolute atomic E-state index is 0.0919. The highest BCUT2D eigenvalue weighted by Crippen LogP contribution is 2.40. The Hall–Kier alpha value is -4.38. The molecule has 1 aliphatic carbocycles. The summed E-state index contributed by atoms with van der Waals surface area (Å²) in [4.78, 5) is 27.0. The van der Waals surface area contributed by atoms with Gasteiger partial charge >= 0.3 is 0 Å². The molecule has 41 heavy (non-hydrogen) atoms. The van der Waals surface area contributed by atoms with E-state index in [9.17, 15) is 9.59 Å². The molecular formula is C35H24Cl2N2O2. The number of ketones is 2. The van der Waals surface area contributed by atoms with Crippen molar-refractivity contribution in [2.45, 2.75) is 20.8 Å². The molecule has 4 nitrogen and oxygen atoms in total. The monoisotopic (exact) mass is 574 g/mol. The average molecular weight is 575 g/mol. The zero-order chi connectivity index (χ0) is 28.6. The maximum atomic E-state index is 13.5. The number of allylic oxidation sites excluding steroid dienone is 1. The van der Waals surface area contributed by atoms with E-state index < -0.39 is 0 Å². The van der Waals surface area contributed by atoms with Gasteiger partial charge in [0.15, 0.2) is 11.6 Å². The smallest absolute Gasteiger partial charge is 0.197 e. The van der Waals surface area contributed by atoms with E-state index >= 15 is 0 Å². The Morgan fingerprint density at radius 3 is 1.88 bits per heavy atom. The third-order valence-electron chi connectivity index (χ3n) is 7.85. The second-order valence-electron chi connectivity index (χ2n) is 10.6. The van der Waals surface area contributed by atoms with Crippen molar-refractivity contribution in [1.29, 1.82) is 0 Å². The Bertz CT molecular complexity index is 2060. The van der Waals surface area contributed by atoms with Crippen molar-refractivity contribution >= 4 is 62.8 Å². The lowest BCUT2D eigenvalue weighted by Crippen LogP contribution is -2.03. The van der Waals surface area contributed by atoms with Gasteiger partial charge in [0.05, 0.1) is 37.9 Å². The molecule has 1 aliphatic rings. The molecule has 0 atom stereocenters. The van der Waals surface area contributed by atoms with Crippen LogP contribution in [0, 0.1) is 20.8 Å². The predicted molar refractivity (Wildman–Crippen MR) is 167 cm³/mol. The van der Waals surface area contributed by atoms with E-state index in [-0.39, 0.29) is 38.3 Å². The quantitative estimate of drug-likeness (QED) is 0.156. The minimum atomic E-state index is -0.355. The molecule has 0 fully saturated rings. The van der Waals surface area contributed by atoms with E-state index in [1.165, 1.54) is 28.8 Å². The number of rotatable bonds is 3. The fourth-order valence-corrected chi connectivity index (χ4v) is 6.59. The third kappa shape index (κ3) is 3.82. The molecule has 0 aliphatic heterocycles. The molecule has 0 amide bonds. The minimum Gasteiger partial charge on any atom is -0.308 e. The highest BCUT2D eigenvalue weighted by atomic mass is 35.5. The number of hydrogen-bond acceptors (Lipinski definition) is 2. The van der Waals surface area contributed by atoms with Gasteiger partial charge in [0.25, 0.3) is 0 Å². The first-order chi connectivity index (χ1) is 19.7. The van der Waals surface area contributed by atoms with Crippen LogP contribution in [0.1, 0.15) is 43.1 Å². The normalized spacial score (nSPS) is 13.0. The van der Waals surface area contributed by atoms with Crippen molar-refractivity contribution in [3.05, 3.63) is 134 Å². The summed E-state index contributed by atoms with van der Waals surface area (Å²) in [5.41, 5.74) is 10.0. The first kappa shape index (κ1) is 25.6. The van der Waals surface area contributed by atoms with Crippen molar-refractivity contribution in [2.24, 2.45) is 0 Å². The van der Waals surface area contributed by atoms with Gasteiger partial charge in [-0.3, -0.25) is 9.59 Å². The van der Waals surface area contributed by atoms with Gasteiger partial charge in [-0.1, -0.05) is 77.3 Å². The van der Waals surface area contributed by atoms with Crippen LogP contribution in [0.25, 0.3) is 39.4 Å². The fraction of sp³-hybridized carbons (Fsp3) is 0.0857. The van der Waals surface area contributed by atoms with Gasteiger partial charge in [-0.25, -0.2) is 0 Å². The summed E-state index contributed by atoms with van der Waals surface area (Å²) in [7, 11) is 0. The van der Waals surface area contributed by atoms with Crippen molar-refractivity contribution in [3.8, 4) is 11.4 Å². The maximum Gasteiger partial charge on any atom is 0.197 e. The molecule has 2 heterocycles. The molecule has 0 N–H and O–H groups in total. The number of aromatic nitrogens is 2. The van der Waals surface area contributed by atoms with E-state index in [1.807, 2.05) is 36.4 Å². The van der Waals surface area contributed by atoms with Crippen LogP contribution in [0.2, 0.25) is 10.0 Å². The summed E-state index contributed by atoms with van der Waals surface area (Å²) >= 11 is 12.4. The molecule has 0 radical (unpaired) electrons. The van der Waals surface area contributed by atoms with Crippen LogP contribution in [0.5, 0.6) is 0 Å². The summed E-state index contributed by atoms with van der Waals surface area (Å²) < 4.78 is 4.42. The number of hydrogen-bond donors (Lipinski definition) is 0. The molecule has 4 aromatic carbocycles. The summed E-state index contributed by atoms with van der Waals surface area (Å²) in [6.07, 6.45) is 1.70. The number of carbonyl (C=O) groups excluding carboxylic acids is 2. The molecule has 0 saturated carbocycles. The zero-order valence-corrected chi connectivity index (χ0v) is 24.1. The number of nitrogens with zero attached hydrogens (tertiary/aromatic N) is 2. The van der Waals surface area contributed by atoms with Gasteiger partial charge in [0.2, 0.25) is 0 Å². The Morgan fingerprint density at radius 1 is 0.659 bits per heavy atom. The number of fused-ring (bicyclic) bond motifs is 4. The van der Waals surface area contributed by atoms with Crippen molar-refractivity contribution in [1.82, 2.24) is 9.13 Å². The van der Waals surface area contributed by atoms with Crippen LogP contribution in [-0.2, 0) is 0 Å². The summed E-state index contributed by atoms with van der Waals surface area (Å²) in [5, 5.41) is 1.56. The number of aryl methyl sites for hydroxylation is 3. The van der Waals surface area contributed by atoms with Crippen LogP contribution >= 0.6 is 23.2 Å². The van der Waals surface area contributed by atoms with E-state index in [2.05, 4.69) is 66.3 Å². The lowest BCUT2D eigenvalue weighted by atomic mass is 10.0. The molecular weight excluding hydrogens is 551 g/mol. The van der Waals surface area contributed by atoms with E-state index in [4.69, 9.17) is 23.2 Å². The van der Waals surface area contributed by atoms with Gasteiger partial charge in [0.1, 0.15) is 0 Å². The molecule has 0 unspecified atom stereocenters. The van der Waals surface area contributed by atoms with Gasteiger partial charge in [0, 0.05) is 27.9 Å². The van der Waals surface area contributed by atoms with Crippen molar-refractivity contribution in [3.63, 3.8) is 0 Å². The Kier molecular flexibility index (Phi) is 5.82. The Labute approximate surface area is 247 Å². The first-order valence-corrected chi connectivity index (χ1v) is 14.1. The first-order valence-electron chi connectivity index (χ1n) is 13.3. The molecule has 2 aromatic heterocycles. The molecule has 6 aromatic rings. The standard InChI is InChI=1S/C35H24Cl2N2O2/c1-19-13-20(2)32(21(3)14-19)39-30-12-8-7-11-24(30)33-31(39)16-23(38(33)22-9-5-4-6-10-22)15-27-34(40)25-17-28(36)29(37)18-26(25)35(27)41/h4-18H,1-3H3. The van der Waals surface area contributed by atoms with Crippen LogP contribution in [-0.4, -0.2) is 20.7 Å². The van der Waals surface area contributed by atoms with E-state index in [0.29, 0.717) is 0 Å². The Morgan fingerprint density at radius 2 is 1.24 bits per heavy atom. The molecule has 0 saturated heterocycles. The summed E-state index contributed by atoms with van der Waals surface area (Å²) in [6.45, 7) is 6.38. The topological polar surface area (TPSA) is 44.0 Å². The van der Waals surface area contributed by atoms with Gasteiger partial charge in [-0.05, 0) is 74.4 Å². The number of benzene rings is 4. The van der Waals surface area contributed by atoms with Gasteiger partial charge in [-0.2, -0.15) is 0 Å². The van der Waals surface area contributed by atoms with Gasteiger partial charge < -0.3 is 9.13 Å². The zero-order valence-electron chi connectivity index (χ0n) is 22.6. The molecule has 6 heteroatoms. The van der Waals surface area contributed by atoms with Crippen LogP contribution in [0.4, 0.5) is 0 Å². The SMILES string of the molecule is Cc1cc(C)c(-n2c3ccccc3c3c2cc(C=C2C(=O)c4cc(Cl)c(Cl)cc4C2=O)n3-c2ccccc2)c(C)c1. The van der Waals surface area contributed by atoms with Crippen molar-refractivity contribution < 1.29 is 9.59 Å². The Balaban J connectivity index is 1.57. The molecule has 0 bridgehead atoms. The molecule has 7 rings (SSSR count). The lowest BCUT2D eigenvalue weighted by molar-refractivity contribution is 0.0990. The third-order valence-corrected chi connectivity index (χ3v) is 8.58. The average Bonchev–Trinajstić information content (AvgIpc) is 3.53. The summed E-state index contributed by atoms with van der Waals surface area (Å²) in [5.74, 6) is -0.709. The highest BCUT2D eigenvalue weighted by molar-refractivity contribution is 6.46. The number of halogens is 2. The highest BCUT2D eigenvalue weighted by Gasteiger charge is 2.34. The molecule has 0 spiro atoms. The van der Waals surface area contributed by atoms with Crippen LogP contribution in [0.15, 0.2) is 90.5 Å². The number of para-hydroxylation sites is 2. The number of Topliss-reactive ketones (excluding diaryl/α,β-unsaturated/α-hetero) is 2. The van der Waals surface area contributed by atoms with E-state index in [1.54, 1.807) is 6.08 Å². The van der Waals surface area contributed by atoms with Crippen LogP contribution in [0.3, 0.4) is 0 Å². The number of carbonyl (C=O) groups is 2. The molecule has 200 valence electrons. The second kappa shape index (κ2) is 9.34. The van der Waals surface area contributed by atoms with Crippen LogP contribution < -0.4 is 0 Å². The van der Waals surface area contributed by atoms with Crippen molar-refractivity contribution in [2.75, 3.05) is 0 Å². The fourth-order valence-electron chi connectivity index (χ4n) is 6.27. The van der Waals surface area contributed by atoms with E-state index in [0.717, 1.165) is 39.0 Å². The maximum absolute atomic E-state index is 13.5. The lowest BCUT2D eigenvalue weighted by Gasteiger charge is -2.15.